The van der Waals surface area contributed by atoms with Crippen LogP contribution in [0.1, 0.15) is 44.4 Å². The van der Waals surface area contributed by atoms with Gasteiger partial charge in [-0.2, -0.15) is 31.4 Å². The van der Waals surface area contributed by atoms with Crippen LogP contribution >= 0.6 is 0 Å². The number of nitrogens with zero attached hydrogens (tertiary/aromatic N) is 2. The number of carbonyl (C=O) groups is 2. The van der Waals surface area contributed by atoms with E-state index >= 15 is 4.39 Å². The molecule has 2 N–H and O–H groups in total. The van der Waals surface area contributed by atoms with Crippen LogP contribution in [-0.2, 0) is 31.7 Å². The summed E-state index contributed by atoms with van der Waals surface area (Å²) >= 11 is 0. The van der Waals surface area contributed by atoms with Gasteiger partial charge in [0.1, 0.15) is 17.1 Å². The van der Waals surface area contributed by atoms with Gasteiger partial charge >= 0.3 is 12.4 Å². The maximum atomic E-state index is 15.3. The SMILES string of the molecule is CC(C)Cn1ccc(C2=C(C(=O)NS(C)(=O)=O)C(=O)N[C@@](c3ccc(OCCCC(F)(F)F)cc3F)(C(F)(F)F)C2)n1. The molecule has 42 heavy (non-hydrogen) atoms. The van der Waals surface area contributed by atoms with Gasteiger partial charge in [0.15, 0.2) is 5.54 Å². The van der Waals surface area contributed by atoms with E-state index < -0.39 is 88.1 Å². The van der Waals surface area contributed by atoms with Crippen molar-refractivity contribution in [2.75, 3.05) is 12.9 Å². The van der Waals surface area contributed by atoms with Crippen LogP contribution in [0.5, 0.6) is 5.75 Å². The minimum Gasteiger partial charge on any atom is -0.493 e. The molecule has 1 aliphatic heterocycles. The van der Waals surface area contributed by atoms with Crippen LogP contribution in [0.3, 0.4) is 0 Å². The van der Waals surface area contributed by atoms with Crippen molar-refractivity contribution >= 4 is 27.4 Å². The van der Waals surface area contributed by atoms with E-state index in [-0.39, 0.29) is 17.4 Å². The lowest BCUT2D eigenvalue weighted by molar-refractivity contribution is -0.202. The van der Waals surface area contributed by atoms with Crippen molar-refractivity contribution in [3.63, 3.8) is 0 Å². The van der Waals surface area contributed by atoms with Crippen molar-refractivity contribution in [1.29, 1.82) is 0 Å². The van der Waals surface area contributed by atoms with Crippen LogP contribution in [0.4, 0.5) is 30.7 Å². The summed E-state index contributed by atoms with van der Waals surface area (Å²) < 4.78 is 128. The molecular weight excluding hydrogens is 601 g/mol. The average molecular weight is 629 g/mol. The van der Waals surface area contributed by atoms with Gasteiger partial charge in [-0.3, -0.25) is 14.3 Å². The van der Waals surface area contributed by atoms with Crippen LogP contribution < -0.4 is 14.8 Å². The van der Waals surface area contributed by atoms with Gasteiger partial charge in [-0.1, -0.05) is 13.8 Å². The molecule has 0 saturated heterocycles. The molecule has 2 heterocycles. The highest BCUT2D eigenvalue weighted by molar-refractivity contribution is 7.89. The Labute approximate surface area is 236 Å². The lowest BCUT2D eigenvalue weighted by Gasteiger charge is -2.41. The van der Waals surface area contributed by atoms with E-state index in [0.29, 0.717) is 24.9 Å². The van der Waals surface area contributed by atoms with E-state index in [2.05, 4.69) is 5.10 Å². The second-order valence-corrected chi connectivity index (χ2v) is 11.9. The zero-order valence-electron chi connectivity index (χ0n) is 22.5. The highest BCUT2D eigenvalue weighted by atomic mass is 32.2. The smallest absolute Gasteiger partial charge is 0.416 e. The van der Waals surface area contributed by atoms with Crippen molar-refractivity contribution in [2.45, 2.75) is 57.5 Å². The van der Waals surface area contributed by atoms with E-state index in [1.54, 1.807) is 10.0 Å². The first kappa shape index (κ1) is 32.9. The number of rotatable bonds is 10. The second-order valence-electron chi connectivity index (χ2n) is 10.1. The number of benzene rings is 1. The monoisotopic (exact) mass is 628 g/mol. The summed E-state index contributed by atoms with van der Waals surface area (Å²) in [6.45, 7) is 3.49. The molecule has 3 rings (SSSR count). The number of hydrogen-bond acceptors (Lipinski definition) is 6. The first-order chi connectivity index (χ1) is 19.2. The molecule has 0 saturated carbocycles. The van der Waals surface area contributed by atoms with Crippen LogP contribution in [0.25, 0.3) is 5.57 Å². The predicted molar refractivity (Wildman–Crippen MR) is 135 cm³/mol. The molecule has 0 unspecified atom stereocenters. The zero-order valence-corrected chi connectivity index (χ0v) is 23.3. The lowest BCUT2D eigenvalue weighted by atomic mass is 9.77. The summed E-state index contributed by atoms with van der Waals surface area (Å²) in [4.78, 5) is 26.0. The third kappa shape index (κ3) is 7.80. The number of amides is 2. The van der Waals surface area contributed by atoms with Gasteiger partial charge in [0.05, 0.1) is 18.6 Å². The summed E-state index contributed by atoms with van der Waals surface area (Å²) in [7, 11) is -4.25. The third-order valence-electron chi connectivity index (χ3n) is 6.06. The number of halogens is 7. The van der Waals surface area contributed by atoms with Crippen LogP contribution in [0, 0.1) is 11.7 Å². The normalized spacial score (nSPS) is 18.3. The molecule has 1 aromatic heterocycles. The molecule has 1 atom stereocenters. The summed E-state index contributed by atoms with van der Waals surface area (Å²) in [5.41, 5.74) is -6.32. The minimum absolute atomic E-state index is 0.0481. The maximum Gasteiger partial charge on any atom is 0.416 e. The Morgan fingerprint density at radius 1 is 1.19 bits per heavy atom. The van der Waals surface area contributed by atoms with Crippen molar-refractivity contribution in [3.8, 4) is 5.75 Å². The highest BCUT2D eigenvalue weighted by Crippen LogP contribution is 2.49. The fourth-order valence-corrected chi connectivity index (χ4v) is 4.79. The second kappa shape index (κ2) is 11.9. The molecule has 0 fully saturated rings. The molecule has 9 nitrogen and oxygen atoms in total. The number of alkyl halides is 6. The van der Waals surface area contributed by atoms with Crippen molar-refractivity contribution in [2.24, 2.45) is 5.92 Å². The number of nitrogens with one attached hydrogen (secondary N) is 2. The van der Waals surface area contributed by atoms with Crippen molar-refractivity contribution in [1.82, 2.24) is 19.8 Å². The quantitative estimate of drug-likeness (QED) is 0.231. The zero-order chi connectivity index (χ0) is 31.7. The summed E-state index contributed by atoms with van der Waals surface area (Å²) in [6.07, 6.45) is -10.8. The first-order valence-corrected chi connectivity index (χ1v) is 14.3. The number of hydrogen-bond donors (Lipinski definition) is 2. The number of ether oxygens (including phenoxy) is 1. The standard InChI is InChI=1S/C25H27F7N4O5S/c1-14(2)13-36-9-7-19(34-36)16-12-23(25(30,31)32,33-21(37)20(16)22(38)35-42(3,39)40)17-6-5-15(11-18(17)26)41-10-4-8-24(27,28)29/h5-7,9,11,14H,4,8,10,12-13H2,1-3H3,(H,33,37)(H,35,38)/t23-/m0/s1. The molecule has 1 aromatic carbocycles. The Hall–Kier alpha value is -3.63. The maximum absolute atomic E-state index is 15.3. The summed E-state index contributed by atoms with van der Waals surface area (Å²) in [6, 6.07) is 3.34. The van der Waals surface area contributed by atoms with Crippen LogP contribution in [-0.4, -0.2) is 55.2 Å². The Balaban J connectivity index is 2.10. The van der Waals surface area contributed by atoms with Gasteiger partial charge in [-0.15, -0.1) is 0 Å². The molecule has 2 aromatic rings. The lowest BCUT2D eigenvalue weighted by Crippen LogP contribution is -2.60. The van der Waals surface area contributed by atoms with E-state index in [1.165, 1.54) is 16.9 Å². The molecule has 0 bridgehead atoms. The van der Waals surface area contributed by atoms with Gasteiger partial charge in [0.25, 0.3) is 11.8 Å². The molecule has 232 valence electrons. The summed E-state index contributed by atoms with van der Waals surface area (Å²) in [5, 5.41) is 5.82. The van der Waals surface area contributed by atoms with Crippen molar-refractivity contribution in [3.05, 3.63) is 53.1 Å². The number of carbonyl (C=O) groups excluding carboxylic acids is 2. The number of aromatic nitrogens is 2. The van der Waals surface area contributed by atoms with E-state index in [1.807, 2.05) is 13.8 Å². The molecule has 17 heteroatoms. The fraction of sp³-hybridized carbons (Fsp3) is 0.480. The third-order valence-corrected chi connectivity index (χ3v) is 6.62. The molecular formula is C25H27F7N4O5S. The Bertz CT molecular complexity index is 1480. The van der Waals surface area contributed by atoms with Gasteiger partial charge in [-0.25, -0.2) is 17.5 Å². The molecule has 2 amide bonds. The van der Waals surface area contributed by atoms with E-state index in [9.17, 15) is 44.3 Å². The van der Waals surface area contributed by atoms with Gasteiger partial charge in [0, 0.05) is 42.8 Å². The molecule has 0 spiro atoms. The van der Waals surface area contributed by atoms with Gasteiger partial charge in [0.2, 0.25) is 10.0 Å². The minimum atomic E-state index is -5.37. The Morgan fingerprint density at radius 3 is 2.40 bits per heavy atom. The van der Waals surface area contributed by atoms with Gasteiger partial charge < -0.3 is 10.1 Å². The first-order valence-electron chi connectivity index (χ1n) is 12.4. The molecule has 1 aliphatic rings. The van der Waals surface area contributed by atoms with Crippen LogP contribution in [0.2, 0.25) is 0 Å². The molecule has 0 aliphatic carbocycles. The average Bonchev–Trinajstić information content (AvgIpc) is 3.26. The van der Waals surface area contributed by atoms with Crippen molar-refractivity contribution < 1.29 is 53.5 Å². The van der Waals surface area contributed by atoms with Gasteiger partial charge in [-0.05, 0) is 30.5 Å². The molecule has 0 radical (unpaired) electrons. The van der Waals surface area contributed by atoms with E-state index in [0.717, 1.165) is 6.07 Å². The predicted octanol–water partition coefficient (Wildman–Crippen LogP) is 4.21. The summed E-state index contributed by atoms with van der Waals surface area (Å²) in [5.74, 6) is -4.96. The highest BCUT2D eigenvalue weighted by Gasteiger charge is 2.61. The number of sulfonamides is 1. The Morgan fingerprint density at radius 2 is 1.86 bits per heavy atom. The topological polar surface area (TPSA) is 119 Å². The largest absolute Gasteiger partial charge is 0.493 e. The fourth-order valence-electron chi connectivity index (χ4n) is 4.35. The van der Waals surface area contributed by atoms with Crippen LogP contribution in [0.15, 0.2) is 36.0 Å². The Kier molecular flexibility index (Phi) is 9.34. The van der Waals surface area contributed by atoms with E-state index in [4.69, 9.17) is 4.74 Å².